The monoisotopic (exact) mass is 368 g/mol. The molecule has 3 rings (SSSR count). The van der Waals surface area contributed by atoms with Gasteiger partial charge in [-0.1, -0.05) is 37.9 Å². The van der Waals surface area contributed by atoms with E-state index in [0.717, 1.165) is 25.3 Å². The highest BCUT2D eigenvalue weighted by Gasteiger charge is 2.18. The van der Waals surface area contributed by atoms with Crippen LogP contribution in [-0.4, -0.2) is 17.2 Å². The van der Waals surface area contributed by atoms with E-state index in [0.29, 0.717) is 11.0 Å². The molecule has 6 heteroatoms. The lowest BCUT2D eigenvalue weighted by Gasteiger charge is -2.01. The van der Waals surface area contributed by atoms with Crippen molar-refractivity contribution in [1.29, 1.82) is 0 Å². The summed E-state index contributed by atoms with van der Waals surface area (Å²) < 4.78 is 7.44. The van der Waals surface area contributed by atoms with Crippen LogP contribution in [0.15, 0.2) is 43.7 Å². The van der Waals surface area contributed by atoms with Crippen molar-refractivity contribution in [2.45, 2.75) is 0 Å². The molecule has 0 spiro atoms. The van der Waals surface area contributed by atoms with Crippen molar-refractivity contribution in [3.63, 3.8) is 0 Å². The van der Waals surface area contributed by atoms with E-state index >= 15 is 0 Å². The first kappa shape index (κ1) is 12.2. The van der Waals surface area contributed by atoms with Gasteiger partial charge in [0.1, 0.15) is 11.2 Å². The summed E-state index contributed by atoms with van der Waals surface area (Å²) in [4.78, 5) is 0. The highest BCUT2D eigenvalue weighted by atomic mass is 79.9. The summed E-state index contributed by atoms with van der Waals surface area (Å²) in [5.74, 6) is 0. The number of benzene rings is 2. The Kier molecular flexibility index (Phi) is 2.98. The average Bonchev–Trinajstić information content (AvgIpc) is 2.68. The Morgan fingerprint density at radius 3 is 2.39 bits per heavy atom. The topological polar surface area (TPSA) is 53.6 Å². The van der Waals surface area contributed by atoms with Gasteiger partial charge in [-0.2, -0.15) is 0 Å². The molecule has 0 amide bonds. The van der Waals surface area contributed by atoms with Crippen molar-refractivity contribution in [1.82, 2.24) is 0 Å². The molecule has 0 radical (unpaired) electrons. The van der Waals surface area contributed by atoms with Crippen molar-refractivity contribution >= 4 is 66.4 Å². The van der Waals surface area contributed by atoms with E-state index in [1.807, 2.05) is 18.2 Å². The Morgan fingerprint density at radius 1 is 0.944 bits per heavy atom. The van der Waals surface area contributed by atoms with Crippen molar-refractivity contribution in [3.8, 4) is 0 Å². The second kappa shape index (κ2) is 4.38. The third kappa shape index (κ3) is 1.80. The fourth-order valence-electron chi connectivity index (χ4n) is 2.02. The van der Waals surface area contributed by atoms with E-state index in [4.69, 9.17) is 4.42 Å². The summed E-state index contributed by atoms with van der Waals surface area (Å²) in [6, 6.07) is 9.03. The summed E-state index contributed by atoms with van der Waals surface area (Å²) in [7, 11) is -1.51. The number of fused-ring (bicyclic) bond motifs is 3. The SMILES string of the molecule is OB(O)c1cc(Br)c2c(c1)oc1cccc(Br)c12. The Balaban J connectivity index is 2.48. The number of hydrogen-bond acceptors (Lipinski definition) is 3. The standard InChI is InChI=1S/C12H7BBr2O3/c14-7-2-1-3-9-11(7)12-8(15)4-6(13(16)17)5-10(12)18-9/h1-5,16-17H. The van der Waals surface area contributed by atoms with Crippen molar-refractivity contribution in [3.05, 3.63) is 39.3 Å². The normalized spacial score (nSPS) is 11.3. The van der Waals surface area contributed by atoms with Crippen LogP contribution < -0.4 is 5.46 Å². The van der Waals surface area contributed by atoms with Gasteiger partial charge in [-0.15, -0.1) is 0 Å². The number of rotatable bonds is 1. The predicted molar refractivity (Wildman–Crippen MR) is 78.9 cm³/mol. The van der Waals surface area contributed by atoms with Gasteiger partial charge < -0.3 is 14.5 Å². The molecule has 2 N–H and O–H groups in total. The summed E-state index contributed by atoms with van der Waals surface area (Å²) in [6.45, 7) is 0. The minimum absolute atomic E-state index is 0.393. The number of hydrogen-bond donors (Lipinski definition) is 2. The predicted octanol–water partition coefficient (Wildman–Crippen LogP) is 2.79. The van der Waals surface area contributed by atoms with Crippen LogP contribution in [0.5, 0.6) is 0 Å². The van der Waals surface area contributed by atoms with Crippen LogP contribution >= 0.6 is 31.9 Å². The zero-order chi connectivity index (χ0) is 12.9. The van der Waals surface area contributed by atoms with Crippen molar-refractivity contribution in [2.24, 2.45) is 0 Å². The smallest absolute Gasteiger partial charge is 0.456 e. The number of halogens is 2. The van der Waals surface area contributed by atoms with Gasteiger partial charge in [-0.05, 0) is 29.7 Å². The summed E-state index contributed by atoms with van der Waals surface area (Å²) >= 11 is 6.95. The molecule has 1 heterocycles. The van der Waals surface area contributed by atoms with Crippen LogP contribution in [0.25, 0.3) is 21.9 Å². The lowest BCUT2D eigenvalue weighted by atomic mass is 9.80. The van der Waals surface area contributed by atoms with Gasteiger partial charge in [0.25, 0.3) is 0 Å². The van der Waals surface area contributed by atoms with Gasteiger partial charge in [-0.3, -0.25) is 0 Å². The fourth-order valence-corrected chi connectivity index (χ4v) is 3.23. The second-order valence-corrected chi connectivity index (χ2v) is 5.67. The van der Waals surface area contributed by atoms with E-state index in [1.165, 1.54) is 0 Å². The summed E-state index contributed by atoms with van der Waals surface area (Å²) in [6.07, 6.45) is 0. The van der Waals surface area contributed by atoms with Gasteiger partial charge in [0.2, 0.25) is 0 Å². The maximum atomic E-state index is 9.22. The van der Waals surface area contributed by atoms with E-state index in [-0.39, 0.29) is 0 Å². The molecule has 0 aliphatic heterocycles. The largest absolute Gasteiger partial charge is 0.488 e. The van der Waals surface area contributed by atoms with Gasteiger partial charge in [0, 0.05) is 19.7 Å². The average molecular weight is 370 g/mol. The van der Waals surface area contributed by atoms with E-state index in [9.17, 15) is 10.0 Å². The van der Waals surface area contributed by atoms with Crippen LogP contribution in [0.3, 0.4) is 0 Å². The van der Waals surface area contributed by atoms with E-state index in [1.54, 1.807) is 12.1 Å². The zero-order valence-corrected chi connectivity index (χ0v) is 12.2. The molecule has 3 nitrogen and oxygen atoms in total. The first-order chi connectivity index (χ1) is 8.58. The Hall–Kier alpha value is -0.815. The molecule has 0 aliphatic carbocycles. The van der Waals surface area contributed by atoms with Crippen LogP contribution in [0.2, 0.25) is 0 Å². The van der Waals surface area contributed by atoms with Crippen LogP contribution in [0, 0.1) is 0 Å². The molecule has 0 aliphatic rings. The lowest BCUT2D eigenvalue weighted by molar-refractivity contribution is 0.425. The maximum absolute atomic E-state index is 9.22. The maximum Gasteiger partial charge on any atom is 0.488 e. The minimum Gasteiger partial charge on any atom is -0.456 e. The molecule has 0 saturated carbocycles. The lowest BCUT2D eigenvalue weighted by Crippen LogP contribution is -2.29. The van der Waals surface area contributed by atoms with Crippen molar-refractivity contribution in [2.75, 3.05) is 0 Å². The van der Waals surface area contributed by atoms with Gasteiger partial charge >= 0.3 is 7.12 Å². The highest BCUT2D eigenvalue weighted by molar-refractivity contribution is 9.11. The first-order valence-corrected chi connectivity index (χ1v) is 6.83. The zero-order valence-electron chi connectivity index (χ0n) is 9.02. The molecule has 0 fully saturated rings. The second-order valence-electron chi connectivity index (χ2n) is 3.96. The Morgan fingerprint density at radius 2 is 1.67 bits per heavy atom. The molecule has 1 aromatic heterocycles. The van der Waals surface area contributed by atoms with Gasteiger partial charge in [-0.25, -0.2) is 0 Å². The van der Waals surface area contributed by atoms with Crippen molar-refractivity contribution < 1.29 is 14.5 Å². The molecule has 0 unspecified atom stereocenters. The Bertz CT molecular complexity index is 752. The molecule has 90 valence electrons. The molecule has 3 aromatic rings. The van der Waals surface area contributed by atoms with E-state index < -0.39 is 7.12 Å². The van der Waals surface area contributed by atoms with Gasteiger partial charge in [0.15, 0.2) is 0 Å². The molecule has 18 heavy (non-hydrogen) atoms. The summed E-state index contributed by atoms with van der Waals surface area (Å²) in [5.41, 5.74) is 1.77. The molecular formula is C12H7BBr2O3. The van der Waals surface area contributed by atoms with Crippen LogP contribution in [-0.2, 0) is 0 Å². The third-order valence-corrected chi connectivity index (χ3v) is 4.11. The molecule has 2 aromatic carbocycles. The number of furan rings is 1. The summed E-state index contributed by atoms with van der Waals surface area (Å²) in [5, 5.41) is 20.3. The highest BCUT2D eigenvalue weighted by Crippen LogP contribution is 2.37. The van der Waals surface area contributed by atoms with Crippen LogP contribution in [0.1, 0.15) is 0 Å². The molecule has 0 saturated heterocycles. The van der Waals surface area contributed by atoms with Gasteiger partial charge in [0.05, 0.1) is 0 Å². The first-order valence-electron chi connectivity index (χ1n) is 5.24. The molecule has 0 bridgehead atoms. The van der Waals surface area contributed by atoms with Crippen LogP contribution in [0.4, 0.5) is 0 Å². The fraction of sp³-hybridized carbons (Fsp3) is 0. The molecule has 0 atom stereocenters. The third-order valence-electron chi connectivity index (χ3n) is 2.82. The minimum atomic E-state index is -1.51. The Labute approximate surface area is 120 Å². The molecular weight excluding hydrogens is 363 g/mol. The van der Waals surface area contributed by atoms with E-state index in [2.05, 4.69) is 31.9 Å². The quantitative estimate of drug-likeness (QED) is 0.648.